The normalized spacial score (nSPS) is 11.4. The van der Waals surface area contributed by atoms with E-state index in [-0.39, 0.29) is 0 Å². The first-order valence-corrected chi connectivity index (χ1v) is 3.14. The van der Waals surface area contributed by atoms with Gasteiger partial charge in [0, 0.05) is 6.07 Å². The summed E-state index contributed by atoms with van der Waals surface area (Å²) in [7, 11) is 0. The van der Waals surface area contributed by atoms with E-state index in [0.717, 1.165) is 0 Å². The minimum Gasteiger partial charge on any atom is -0.207 e. The first-order valence-electron chi connectivity index (χ1n) is 3.14. The van der Waals surface area contributed by atoms with E-state index < -0.39 is 23.2 Å². The van der Waals surface area contributed by atoms with E-state index in [1.807, 2.05) is 0 Å². The molecule has 0 saturated heterocycles. The van der Waals surface area contributed by atoms with Gasteiger partial charge in [-0.3, -0.25) is 0 Å². The number of alkyl halides is 3. The molecule has 0 radical (unpaired) electrons. The summed E-state index contributed by atoms with van der Waals surface area (Å²) in [4.78, 5) is 9.85. The van der Waals surface area contributed by atoms with Crippen LogP contribution in [0.25, 0.3) is 0 Å². The molecule has 70 valence electrons. The van der Waals surface area contributed by atoms with Crippen molar-refractivity contribution in [3.8, 4) is 0 Å². The smallest absolute Gasteiger partial charge is 0.207 e. The molecular weight excluding hydrogens is 190 g/mol. The van der Waals surface area contributed by atoms with Gasteiger partial charge in [0.15, 0.2) is 0 Å². The summed E-state index contributed by atoms with van der Waals surface area (Å²) in [5, 5.41) is 2.22. The molecule has 0 spiro atoms. The second kappa shape index (κ2) is 3.12. The number of rotatable bonds is 1. The predicted molar refractivity (Wildman–Crippen MR) is 36.9 cm³/mol. The summed E-state index contributed by atoms with van der Waals surface area (Å²) < 4.78 is 48.4. The molecule has 1 aromatic carbocycles. The first-order chi connectivity index (χ1) is 5.93. The number of hydrogen-bond donors (Lipinski definition) is 0. The molecule has 0 fully saturated rings. The zero-order chi connectivity index (χ0) is 10.1. The number of hydrogen-bond acceptors (Lipinski definition) is 2. The van der Waals surface area contributed by atoms with Crippen LogP contribution in [0, 0.1) is 10.7 Å². The van der Waals surface area contributed by atoms with E-state index >= 15 is 0 Å². The average Bonchev–Trinajstić information content (AvgIpc) is 2.01. The van der Waals surface area contributed by atoms with Crippen molar-refractivity contribution in [1.82, 2.24) is 0 Å². The van der Waals surface area contributed by atoms with Gasteiger partial charge in [0.05, 0.1) is 5.56 Å². The van der Waals surface area contributed by atoms with E-state index in [1.165, 1.54) is 0 Å². The quantitative estimate of drug-likeness (QED) is 0.497. The summed E-state index contributed by atoms with van der Waals surface area (Å²) in [5.74, 6) is -1.13. The van der Waals surface area contributed by atoms with Gasteiger partial charge in [-0.15, -0.1) is 4.91 Å². The molecule has 1 aromatic rings. The van der Waals surface area contributed by atoms with Crippen molar-refractivity contribution in [2.45, 2.75) is 6.18 Å². The van der Waals surface area contributed by atoms with Crippen LogP contribution in [0.5, 0.6) is 0 Å². The minimum atomic E-state index is -4.67. The fourth-order valence-electron chi connectivity index (χ4n) is 0.791. The Morgan fingerprint density at radius 1 is 1.15 bits per heavy atom. The van der Waals surface area contributed by atoms with E-state index in [1.54, 1.807) is 0 Å². The molecule has 0 aliphatic carbocycles. The Kier molecular flexibility index (Phi) is 2.31. The van der Waals surface area contributed by atoms with Crippen LogP contribution in [0.4, 0.5) is 23.2 Å². The zero-order valence-electron chi connectivity index (χ0n) is 6.10. The Labute approximate surface area is 70.2 Å². The summed E-state index contributed by atoms with van der Waals surface area (Å²) in [6, 6.07) is 1.41. The Morgan fingerprint density at radius 2 is 1.77 bits per heavy atom. The van der Waals surface area contributed by atoms with Gasteiger partial charge in [0.2, 0.25) is 0 Å². The lowest BCUT2D eigenvalue weighted by Gasteiger charge is -2.05. The highest BCUT2D eigenvalue weighted by atomic mass is 19.4. The fourth-order valence-corrected chi connectivity index (χ4v) is 0.791. The van der Waals surface area contributed by atoms with Gasteiger partial charge in [0.25, 0.3) is 0 Å². The van der Waals surface area contributed by atoms with Crippen LogP contribution in [0.1, 0.15) is 5.56 Å². The van der Waals surface area contributed by atoms with E-state index in [4.69, 9.17) is 0 Å². The molecule has 0 heterocycles. The van der Waals surface area contributed by atoms with Gasteiger partial charge >= 0.3 is 6.18 Å². The summed E-state index contributed by atoms with van der Waals surface area (Å²) in [5.41, 5.74) is -1.80. The van der Waals surface area contributed by atoms with Crippen LogP contribution in [-0.2, 0) is 6.18 Å². The summed E-state index contributed by atoms with van der Waals surface area (Å²) in [6.07, 6.45) is -4.67. The van der Waals surface area contributed by atoms with Gasteiger partial charge in [-0.05, 0) is 17.3 Å². The highest BCUT2D eigenvalue weighted by Gasteiger charge is 2.31. The second-order valence-electron chi connectivity index (χ2n) is 2.29. The number of benzene rings is 1. The molecule has 0 bridgehead atoms. The average molecular weight is 193 g/mol. The molecule has 0 N–H and O–H groups in total. The SMILES string of the molecule is O=Nc1cc(F)cc(C(F)(F)F)c1. The maximum atomic E-state index is 12.4. The van der Waals surface area contributed by atoms with Crippen LogP contribution in [0.2, 0.25) is 0 Å². The molecule has 0 amide bonds. The Hall–Kier alpha value is -1.46. The third kappa shape index (κ3) is 2.24. The molecular formula is C7H3F4NO. The fraction of sp³-hybridized carbons (Fsp3) is 0.143. The van der Waals surface area contributed by atoms with Crippen molar-refractivity contribution in [2.75, 3.05) is 0 Å². The first kappa shape index (κ1) is 9.63. The second-order valence-corrected chi connectivity index (χ2v) is 2.29. The standard InChI is InChI=1S/C7H3F4NO/c8-5-1-4(7(9,10)11)2-6(3-5)12-13/h1-3H. The van der Waals surface area contributed by atoms with Crippen LogP contribution in [0.3, 0.4) is 0 Å². The van der Waals surface area contributed by atoms with Crippen molar-refractivity contribution in [2.24, 2.45) is 5.18 Å². The van der Waals surface area contributed by atoms with Gasteiger partial charge in [0.1, 0.15) is 11.5 Å². The summed E-state index contributed by atoms with van der Waals surface area (Å²) in [6.45, 7) is 0. The largest absolute Gasteiger partial charge is 0.416 e. The molecule has 0 atom stereocenters. The monoisotopic (exact) mass is 193 g/mol. The van der Waals surface area contributed by atoms with Gasteiger partial charge < -0.3 is 0 Å². The van der Waals surface area contributed by atoms with Gasteiger partial charge in [-0.1, -0.05) is 0 Å². The van der Waals surface area contributed by atoms with Crippen LogP contribution < -0.4 is 0 Å². The predicted octanol–water partition coefficient (Wildman–Crippen LogP) is 3.24. The van der Waals surface area contributed by atoms with Crippen molar-refractivity contribution < 1.29 is 17.6 Å². The van der Waals surface area contributed by atoms with Crippen LogP contribution in [0.15, 0.2) is 23.4 Å². The third-order valence-electron chi connectivity index (χ3n) is 1.32. The number of nitrogens with zero attached hydrogens (tertiary/aromatic N) is 1. The maximum Gasteiger partial charge on any atom is 0.416 e. The van der Waals surface area contributed by atoms with Crippen molar-refractivity contribution >= 4 is 5.69 Å². The van der Waals surface area contributed by atoms with Crippen molar-refractivity contribution in [3.05, 3.63) is 34.5 Å². The molecule has 0 saturated carbocycles. The molecule has 0 aliphatic heterocycles. The van der Waals surface area contributed by atoms with Crippen LogP contribution >= 0.6 is 0 Å². The zero-order valence-corrected chi connectivity index (χ0v) is 6.10. The molecule has 2 nitrogen and oxygen atoms in total. The molecule has 0 aromatic heterocycles. The minimum absolute atomic E-state index is 0.300. The lowest BCUT2D eigenvalue weighted by molar-refractivity contribution is -0.137. The van der Waals surface area contributed by atoms with Gasteiger partial charge in [-0.25, -0.2) is 4.39 Å². The molecule has 13 heavy (non-hydrogen) atoms. The van der Waals surface area contributed by atoms with E-state index in [2.05, 4.69) is 5.18 Å². The third-order valence-corrected chi connectivity index (χ3v) is 1.32. The lowest BCUT2D eigenvalue weighted by atomic mass is 10.2. The highest BCUT2D eigenvalue weighted by Crippen LogP contribution is 2.32. The number of halogens is 4. The van der Waals surface area contributed by atoms with Crippen molar-refractivity contribution in [3.63, 3.8) is 0 Å². The Balaban J connectivity index is 3.24. The molecule has 0 unspecified atom stereocenters. The lowest BCUT2D eigenvalue weighted by Crippen LogP contribution is -2.04. The van der Waals surface area contributed by atoms with E-state index in [0.29, 0.717) is 18.2 Å². The molecule has 0 aliphatic rings. The maximum absolute atomic E-state index is 12.4. The Bertz CT molecular complexity index is 334. The van der Waals surface area contributed by atoms with Crippen molar-refractivity contribution in [1.29, 1.82) is 0 Å². The van der Waals surface area contributed by atoms with E-state index in [9.17, 15) is 22.5 Å². The number of nitroso groups, excluding NO2 is 1. The Morgan fingerprint density at radius 3 is 2.23 bits per heavy atom. The summed E-state index contributed by atoms with van der Waals surface area (Å²) >= 11 is 0. The highest BCUT2D eigenvalue weighted by molar-refractivity contribution is 5.41. The van der Waals surface area contributed by atoms with Gasteiger partial charge in [-0.2, -0.15) is 13.2 Å². The van der Waals surface area contributed by atoms with Crippen LogP contribution in [-0.4, -0.2) is 0 Å². The molecule has 6 heteroatoms. The topological polar surface area (TPSA) is 29.4 Å². The molecule has 1 rings (SSSR count).